The summed E-state index contributed by atoms with van der Waals surface area (Å²) < 4.78 is 28.0. The van der Waals surface area contributed by atoms with Gasteiger partial charge in [-0.2, -0.15) is 0 Å². The van der Waals surface area contributed by atoms with Gasteiger partial charge in [-0.25, -0.2) is 8.78 Å². The van der Waals surface area contributed by atoms with Crippen molar-refractivity contribution in [1.82, 2.24) is 0 Å². The third-order valence-electron chi connectivity index (χ3n) is 3.57. The number of rotatable bonds is 3. The fraction of sp³-hybridized carbons (Fsp3) is 0.235. The predicted octanol–water partition coefficient (Wildman–Crippen LogP) is 4.43. The fourth-order valence-corrected chi connectivity index (χ4v) is 2.16. The lowest BCUT2D eigenvalue weighted by atomic mass is 9.77. The summed E-state index contributed by atoms with van der Waals surface area (Å²) in [5, 5.41) is 0. The summed E-state index contributed by atoms with van der Waals surface area (Å²) in [6, 6.07) is 11.5. The van der Waals surface area contributed by atoms with Gasteiger partial charge in [-0.05, 0) is 38.0 Å². The normalized spacial score (nSPS) is 11.4. The van der Waals surface area contributed by atoms with Gasteiger partial charge in [-0.3, -0.25) is 4.79 Å². The zero-order valence-corrected chi connectivity index (χ0v) is 11.7. The van der Waals surface area contributed by atoms with E-state index in [1.165, 1.54) is 13.0 Å². The van der Waals surface area contributed by atoms with Crippen LogP contribution in [0.2, 0.25) is 0 Å². The Balaban J connectivity index is 2.55. The number of carbonyl (C=O) groups is 1. The molecule has 104 valence electrons. The minimum atomic E-state index is -0.989. The molecule has 0 atom stereocenters. The summed E-state index contributed by atoms with van der Waals surface area (Å²) in [7, 11) is 0. The quantitative estimate of drug-likeness (QED) is 0.756. The SMILES string of the molecule is Cc1ccc(F)c(C(=O)C(C)(C)c2ccccc2)c1F. The molecular weight excluding hydrogens is 258 g/mol. The van der Waals surface area contributed by atoms with E-state index in [0.29, 0.717) is 0 Å². The van der Waals surface area contributed by atoms with Gasteiger partial charge >= 0.3 is 0 Å². The summed E-state index contributed by atoms with van der Waals surface area (Å²) in [4.78, 5) is 12.6. The maximum Gasteiger partial charge on any atom is 0.178 e. The molecule has 0 aliphatic rings. The highest BCUT2D eigenvalue weighted by atomic mass is 19.1. The van der Waals surface area contributed by atoms with Gasteiger partial charge in [0.25, 0.3) is 0 Å². The summed E-state index contributed by atoms with van der Waals surface area (Å²) in [5.41, 5.74) is -0.459. The highest BCUT2D eigenvalue weighted by Crippen LogP contribution is 2.30. The summed E-state index contributed by atoms with van der Waals surface area (Å²) in [6.45, 7) is 4.86. The Morgan fingerprint density at radius 2 is 1.60 bits per heavy atom. The van der Waals surface area contributed by atoms with Crippen LogP contribution in [0.15, 0.2) is 42.5 Å². The molecule has 0 aliphatic carbocycles. The van der Waals surface area contributed by atoms with Crippen LogP contribution in [0.4, 0.5) is 8.78 Å². The van der Waals surface area contributed by atoms with Crippen LogP contribution in [-0.2, 0) is 5.41 Å². The van der Waals surface area contributed by atoms with E-state index in [0.717, 1.165) is 11.6 Å². The predicted molar refractivity (Wildman–Crippen MR) is 74.9 cm³/mol. The average molecular weight is 274 g/mol. The first-order chi connectivity index (χ1) is 9.35. The van der Waals surface area contributed by atoms with Crippen LogP contribution >= 0.6 is 0 Å². The first-order valence-electron chi connectivity index (χ1n) is 6.40. The average Bonchev–Trinajstić information content (AvgIpc) is 2.44. The van der Waals surface area contributed by atoms with E-state index in [-0.39, 0.29) is 5.56 Å². The second kappa shape index (κ2) is 5.16. The highest BCUT2D eigenvalue weighted by Gasteiger charge is 2.34. The first kappa shape index (κ1) is 14.4. The van der Waals surface area contributed by atoms with Crippen LogP contribution in [0.3, 0.4) is 0 Å². The topological polar surface area (TPSA) is 17.1 Å². The lowest BCUT2D eigenvalue weighted by Crippen LogP contribution is -2.30. The lowest BCUT2D eigenvalue weighted by Gasteiger charge is -2.24. The molecule has 2 rings (SSSR count). The number of ketones is 1. The molecule has 1 nitrogen and oxygen atoms in total. The van der Waals surface area contributed by atoms with Crippen LogP contribution in [0.5, 0.6) is 0 Å². The van der Waals surface area contributed by atoms with Crippen molar-refractivity contribution in [3.8, 4) is 0 Å². The van der Waals surface area contributed by atoms with Crippen molar-refractivity contribution in [2.24, 2.45) is 0 Å². The molecule has 0 amide bonds. The number of hydrogen-bond donors (Lipinski definition) is 0. The molecule has 0 bridgehead atoms. The van der Waals surface area contributed by atoms with Crippen molar-refractivity contribution in [1.29, 1.82) is 0 Å². The molecule has 3 heteroatoms. The molecule has 0 saturated carbocycles. The third kappa shape index (κ3) is 2.36. The largest absolute Gasteiger partial charge is 0.293 e. The van der Waals surface area contributed by atoms with Crippen molar-refractivity contribution < 1.29 is 13.6 Å². The number of aryl methyl sites for hydroxylation is 1. The van der Waals surface area contributed by atoms with Crippen LogP contribution in [0.1, 0.15) is 35.3 Å². The van der Waals surface area contributed by atoms with E-state index in [1.54, 1.807) is 38.1 Å². The maximum absolute atomic E-state index is 14.1. The molecule has 0 N–H and O–H groups in total. The standard InChI is InChI=1S/C17H16F2O/c1-11-9-10-13(18)14(15(11)19)16(20)17(2,3)12-7-5-4-6-8-12/h4-10H,1-3H3. The molecule has 0 heterocycles. The molecule has 0 radical (unpaired) electrons. The zero-order chi connectivity index (χ0) is 14.9. The van der Waals surface area contributed by atoms with Crippen molar-refractivity contribution in [2.75, 3.05) is 0 Å². The molecule has 0 saturated heterocycles. The van der Waals surface area contributed by atoms with Crippen LogP contribution in [0.25, 0.3) is 0 Å². The van der Waals surface area contributed by atoms with Gasteiger partial charge in [0, 0.05) is 0 Å². The molecule has 0 fully saturated rings. The van der Waals surface area contributed by atoms with E-state index in [4.69, 9.17) is 0 Å². The molecular formula is C17H16F2O. The fourth-order valence-electron chi connectivity index (χ4n) is 2.16. The molecule has 0 unspecified atom stereocenters. The van der Waals surface area contributed by atoms with Gasteiger partial charge in [0.15, 0.2) is 5.78 Å². The molecule has 2 aromatic carbocycles. The smallest absolute Gasteiger partial charge is 0.178 e. The van der Waals surface area contributed by atoms with Gasteiger partial charge in [-0.15, -0.1) is 0 Å². The molecule has 0 aliphatic heterocycles. The van der Waals surface area contributed by atoms with E-state index in [1.807, 2.05) is 6.07 Å². The van der Waals surface area contributed by atoms with Crippen molar-refractivity contribution in [3.05, 3.63) is 70.8 Å². The van der Waals surface area contributed by atoms with Gasteiger partial charge in [0.05, 0.1) is 11.0 Å². The Kier molecular flexibility index (Phi) is 3.71. The van der Waals surface area contributed by atoms with E-state index >= 15 is 0 Å². The molecule has 0 spiro atoms. The monoisotopic (exact) mass is 274 g/mol. The van der Waals surface area contributed by atoms with E-state index in [2.05, 4.69) is 0 Å². The second-order valence-electron chi connectivity index (χ2n) is 5.37. The molecule has 0 aromatic heterocycles. The number of benzene rings is 2. The first-order valence-corrected chi connectivity index (χ1v) is 6.40. The van der Waals surface area contributed by atoms with E-state index in [9.17, 15) is 13.6 Å². The molecule has 20 heavy (non-hydrogen) atoms. The van der Waals surface area contributed by atoms with Gasteiger partial charge in [-0.1, -0.05) is 36.4 Å². The second-order valence-corrected chi connectivity index (χ2v) is 5.37. The van der Waals surface area contributed by atoms with Gasteiger partial charge in [0.2, 0.25) is 0 Å². The Morgan fingerprint density at radius 1 is 1.00 bits per heavy atom. The lowest BCUT2D eigenvalue weighted by molar-refractivity contribution is 0.0899. The highest BCUT2D eigenvalue weighted by molar-refractivity contribution is 6.04. The molecule has 2 aromatic rings. The number of halogens is 2. The summed E-state index contributed by atoms with van der Waals surface area (Å²) in [5.74, 6) is -2.15. The Labute approximate surface area is 117 Å². The minimum absolute atomic E-state index is 0.263. The van der Waals surface area contributed by atoms with Gasteiger partial charge in [0.1, 0.15) is 11.6 Å². The Bertz CT molecular complexity index is 646. The van der Waals surface area contributed by atoms with Crippen LogP contribution in [0, 0.1) is 18.6 Å². The number of hydrogen-bond acceptors (Lipinski definition) is 1. The summed E-state index contributed by atoms with van der Waals surface area (Å²) >= 11 is 0. The number of carbonyl (C=O) groups excluding carboxylic acids is 1. The van der Waals surface area contributed by atoms with Crippen molar-refractivity contribution in [2.45, 2.75) is 26.2 Å². The minimum Gasteiger partial charge on any atom is -0.293 e. The Hall–Kier alpha value is -2.03. The van der Waals surface area contributed by atoms with Crippen molar-refractivity contribution in [3.63, 3.8) is 0 Å². The number of Topliss-reactive ketones (excluding diaryl/α,β-unsaturated/α-hetero) is 1. The maximum atomic E-state index is 14.1. The zero-order valence-electron chi connectivity index (χ0n) is 11.7. The van der Waals surface area contributed by atoms with Crippen molar-refractivity contribution >= 4 is 5.78 Å². The van der Waals surface area contributed by atoms with Gasteiger partial charge < -0.3 is 0 Å². The third-order valence-corrected chi connectivity index (χ3v) is 3.57. The van der Waals surface area contributed by atoms with E-state index < -0.39 is 28.4 Å². The van der Waals surface area contributed by atoms with Crippen LogP contribution < -0.4 is 0 Å². The Morgan fingerprint density at radius 3 is 2.20 bits per heavy atom. The summed E-state index contributed by atoms with van der Waals surface area (Å²) in [6.07, 6.45) is 0. The van der Waals surface area contributed by atoms with Crippen LogP contribution in [-0.4, -0.2) is 5.78 Å².